The predicted octanol–water partition coefficient (Wildman–Crippen LogP) is 2.92. The van der Waals surface area contributed by atoms with Gasteiger partial charge in [-0.1, -0.05) is 18.7 Å². The molecule has 0 aromatic heterocycles. The molecule has 2 heteroatoms. The molecule has 0 radical (unpaired) electrons. The highest BCUT2D eigenvalue weighted by molar-refractivity contribution is 5.29. The summed E-state index contributed by atoms with van der Waals surface area (Å²) in [6.45, 7) is 8.46. The second-order valence-corrected chi connectivity index (χ2v) is 3.83. The van der Waals surface area contributed by atoms with E-state index in [1.54, 1.807) is 0 Å². The zero-order valence-electron chi connectivity index (χ0n) is 9.71. The van der Waals surface area contributed by atoms with E-state index < -0.39 is 0 Å². The van der Waals surface area contributed by atoms with Crippen LogP contribution in [-0.2, 0) is 0 Å². The van der Waals surface area contributed by atoms with Crippen molar-refractivity contribution in [1.29, 1.82) is 0 Å². The van der Waals surface area contributed by atoms with Gasteiger partial charge in [0, 0.05) is 6.04 Å². The molecule has 2 nitrogen and oxygen atoms in total. The zero-order chi connectivity index (χ0) is 11.3. The van der Waals surface area contributed by atoms with Crippen LogP contribution in [0.1, 0.15) is 25.5 Å². The lowest BCUT2D eigenvalue weighted by Gasteiger charge is -2.11. The van der Waals surface area contributed by atoms with Gasteiger partial charge in [0.05, 0.1) is 0 Å². The lowest BCUT2D eigenvalue weighted by Crippen LogP contribution is -2.11. The fourth-order valence-electron chi connectivity index (χ4n) is 1.23. The standard InChI is InChI=1S/C13H19NO/c1-10(2)9-15-13-7-5-12(6-8-13)11(3)14-4/h5-8,11,14H,1,9H2,2-4H3. The monoisotopic (exact) mass is 205 g/mol. The normalized spacial score (nSPS) is 12.2. The lowest BCUT2D eigenvalue weighted by atomic mass is 10.1. The molecule has 0 amide bonds. The molecule has 15 heavy (non-hydrogen) atoms. The molecule has 0 heterocycles. The summed E-state index contributed by atoms with van der Waals surface area (Å²) in [5, 5.41) is 3.20. The third-order valence-electron chi connectivity index (χ3n) is 2.30. The van der Waals surface area contributed by atoms with Crippen molar-refractivity contribution in [2.75, 3.05) is 13.7 Å². The Balaban J connectivity index is 2.60. The highest BCUT2D eigenvalue weighted by Gasteiger charge is 2.01. The Morgan fingerprint density at radius 3 is 2.47 bits per heavy atom. The van der Waals surface area contributed by atoms with Crippen LogP contribution in [0.3, 0.4) is 0 Å². The third-order valence-corrected chi connectivity index (χ3v) is 2.30. The van der Waals surface area contributed by atoms with E-state index in [0.717, 1.165) is 11.3 Å². The van der Waals surface area contributed by atoms with Gasteiger partial charge in [-0.05, 0) is 44.2 Å². The van der Waals surface area contributed by atoms with Gasteiger partial charge < -0.3 is 10.1 Å². The van der Waals surface area contributed by atoms with E-state index in [2.05, 4.69) is 31.0 Å². The minimum atomic E-state index is 0.375. The van der Waals surface area contributed by atoms with E-state index in [9.17, 15) is 0 Å². The Labute approximate surface area is 92.0 Å². The summed E-state index contributed by atoms with van der Waals surface area (Å²) in [5.41, 5.74) is 2.29. The first-order valence-electron chi connectivity index (χ1n) is 5.18. The molecule has 0 aliphatic carbocycles. The van der Waals surface area contributed by atoms with Gasteiger partial charge in [-0.3, -0.25) is 0 Å². The van der Waals surface area contributed by atoms with Crippen molar-refractivity contribution < 1.29 is 4.74 Å². The summed E-state index contributed by atoms with van der Waals surface area (Å²) in [6, 6.07) is 8.52. The maximum atomic E-state index is 5.52. The second-order valence-electron chi connectivity index (χ2n) is 3.83. The summed E-state index contributed by atoms with van der Waals surface area (Å²) in [5.74, 6) is 0.894. The van der Waals surface area contributed by atoms with Gasteiger partial charge in [-0.25, -0.2) is 0 Å². The van der Waals surface area contributed by atoms with Gasteiger partial charge in [-0.2, -0.15) is 0 Å². The number of nitrogens with one attached hydrogen (secondary N) is 1. The molecular formula is C13H19NO. The van der Waals surface area contributed by atoms with Crippen LogP contribution in [0.25, 0.3) is 0 Å². The molecule has 0 saturated carbocycles. The van der Waals surface area contributed by atoms with Crippen LogP contribution >= 0.6 is 0 Å². The van der Waals surface area contributed by atoms with Crippen molar-refractivity contribution >= 4 is 0 Å². The van der Waals surface area contributed by atoms with E-state index in [1.165, 1.54) is 5.56 Å². The summed E-state index contributed by atoms with van der Waals surface area (Å²) in [4.78, 5) is 0. The first-order valence-corrected chi connectivity index (χ1v) is 5.18. The Hall–Kier alpha value is -1.28. The fraction of sp³-hybridized carbons (Fsp3) is 0.385. The van der Waals surface area contributed by atoms with Crippen LogP contribution in [-0.4, -0.2) is 13.7 Å². The molecule has 0 aliphatic heterocycles. The number of rotatable bonds is 5. The van der Waals surface area contributed by atoms with Gasteiger partial charge in [0.1, 0.15) is 12.4 Å². The van der Waals surface area contributed by atoms with Crippen molar-refractivity contribution in [2.24, 2.45) is 0 Å². The number of benzene rings is 1. The third kappa shape index (κ3) is 3.76. The molecule has 82 valence electrons. The Morgan fingerprint density at radius 2 is 2.00 bits per heavy atom. The van der Waals surface area contributed by atoms with Crippen molar-refractivity contribution in [1.82, 2.24) is 5.32 Å². The molecule has 1 aromatic carbocycles. The molecule has 0 fully saturated rings. The molecule has 1 unspecified atom stereocenters. The van der Waals surface area contributed by atoms with E-state index in [1.807, 2.05) is 26.1 Å². The highest BCUT2D eigenvalue weighted by atomic mass is 16.5. The maximum absolute atomic E-state index is 5.52. The molecule has 0 aliphatic rings. The quantitative estimate of drug-likeness (QED) is 0.746. The van der Waals surface area contributed by atoms with Crippen molar-refractivity contribution in [3.8, 4) is 5.75 Å². The van der Waals surface area contributed by atoms with E-state index in [0.29, 0.717) is 12.6 Å². The average Bonchev–Trinajstić information content (AvgIpc) is 2.26. The largest absolute Gasteiger partial charge is 0.489 e. The molecule has 1 atom stereocenters. The molecule has 1 rings (SSSR count). The Bertz CT molecular complexity index is 316. The van der Waals surface area contributed by atoms with Crippen LogP contribution < -0.4 is 10.1 Å². The first kappa shape index (κ1) is 11.8. The minimum absolute atomic E-state index is 0.375. The zero-order valence-corrected chi connectivity index (χ0v) is 9.71. The summed E-state index contributed by atoms with van der Waals surface area (Å²) in [7, 11) is 1.95. The average molecular weight is 205 g/mol. The molecule has 1 aromatic rings. The number of hydrogen-bond acceptors (Lipinski definition) is 2. The van der Waals surface area contributed by atoms with Crippen LogP contribution in [0.4, 0.5) is 0 Å². The van der Waals surface area contributed by atoms with Gasteiger partial charge in [0.15, 0.2) is 0 Å². The van der Waals surface area contributed by atoms with E-state index >= 15 is 0 Å². The summed E-state index contributed by atoms with van der Waals surface area (Å²) in [6.07, 6.45) is 0. The Kier molecular flexibility index (Phi) is 4.37. The van der Waals surface area contributed by atoms with E-state index in [4.69, 9.17) is 4.74 Å². The SMILES string of the molecule is C=C(C)COc1ccc(C(C)NC)cc1. The van der Waals surface area contributed by atoms with Gasteiger partial charge in [0.2, 0.25) is 0 Å². The molecular weight excluding hydrogens is 186 g/mol. The van der Waals surface area contributed by atoms with Gasteiger partial charge in [-0.15, -0.1) is 0 Å². The summed E-state index contributed by atoms with van der Waals surface area (Å²) < 4.78 is 5.52. The summed E-state index contributed by atoms with van der Waals surface area (Å²) >= 11 is 0. The maximum Gasteiger partial charge on any atom is 0.119 e. The van der Waals surface area contributed by atoms with Crippen LogP contribution in [0.5, 0.6) is 5.75 Å². The molecule has 0 saturated heterocycles. The van der Waals surface area contributed by atoms with Crippen molar-refractivity contribution in [3.63, 3.8) is 0 Å². The first-order chi connectivity index (χ1) is 7.13. The fourth-order valence-corrected chi connectivity index (χ4v) is 1.23. The Morgan fingerprint density at radius 1 is 1.40 bits per heavy atom. The smallest absolute Gasteiger partial charge is 0.119 e. The number of ether oxygens (including phenoxy) is 1. The second kappa shape index (κ2) is 5.56. The lowest BCUT2D eigenvalue weighted by molar-refractivity contribution is 0.352. The predicted molar refractivity (Wildman–Crippen MR) is 64.2 cm³/mol. The van der Waals surface area contributed by atoms with Crippen molar-refractivity contribution in [3.05, 3.63) is 42.0 Å². The highest BCUT2D eigenvalue weighted by Crippen LogP contribution is 2.17. The topological polar surface area (TPSA) is 21.3 Å². The minimum Gasteiger partial charge on any atom is -0.489 e. The van der Waals surface area contributed by atoms with Crippen LogP contribution in [0, 0.1) is 0 Å². The van der Waals surface area contributed by atoms with Gasteiger partial charge in [0.25, 0.3) is 0 Å². The van der Waals surface area contributed by atoms with Crippen LogP contribution in [0.2, 0.25) is 0 Å². The molecule has 1 N–H and O–H groups in total. The van der Waals surface area contributed by atoms with Crippen molar-refractivity contribution in [2.45, 2.75) is 19.9 Å². The molecule has 0 bridgehead atoms. The van der Waals surface area contributed by atoms with Gasteiger partial charge >= 0.3 is 0 Å². The molecule has 0 spiro atoms. The number of hydrogen-bond donors (Lipinski definition) is 1. The van der Waals surface area contributed by atoms with Crippen LogP contribution in [0.15, 0.2) is 36.4 Å². The van der Waals surface area contributed by atoms with E-state index in [-0.39, 0.29) is 0 Å².